The summed E-state index contributed by atoms with van der Waals surface area (Å²) in [5.74, 6) is -0.110. The van der Waals surface area contributed by atoms with E-state index in [1.165, 1.54) is 0 Å². The van der Waals surface area contributed by atoms with Crippen molar-refractivity contribution in [1.82, 2.24) is 24.9 Å². The first-order chi connectivity index (χ1) is 11.1. The van der Waals surface area contributed by atoms with Crippen molar-refractivity contribution < 1.29 is 4.79 Å². The van der Waals surface area contributed by atoms with Gasteiger partial charge >= 0.3 is 0 Å². The number of thiophene rings is 1. The maximum absolute atomic E-state index is 12.9. The molecule has 0 bridgehead atoms. The highest BCUT2D eigenvalue weighted by Gasteiger charge is 2.22. The van der Waals surface area contributed by atoms with Gasteiger partial charge in [0, 0.05) is 30.9 Å². The summed E-state index contributed by atoms with van der Waals surface area (Å²) in [6, 6.07) is 7.85. The van der Waals surface area contributed by atoms with Crippen LogP contribution in [0.2, 0.25) is 0 Å². The predicted octanol–water partition coefficient (Wildman–Crippen LogP) is 2.42. The van der Waals surface area contributed by atoms with Crippen LogP contribution in [-0.4, -0.2) is 30.8 Å². The molecule has 0 aromatic carbocycles. The molecule has 3 heterocycles. The number of pyridine rings is 1. The Morgan fingerprint density at radius 1 is 1.26 bits per heavy atom. The maximum atomic E-state index is 12.9. The van der Waals surface area contributed by atoms with E-state index in [2.05, 4.69) is 15.3 Å². The normalized spacial score (nSPS) is 10.7. The van der Waals surface area contributed by atoms with Crippen molar-refractivity contribution in [2.75, 3.05) is 0 Å². The van der Waals surface area contributed by atoms with E-state index < -0.39 is 0 Å². The number of nitrogens with zero attached hydrogens (tertiary/aromatic N) is 5. The van der Waals surface area contributed by atoms with Crippen LogP contribution in [0.15, 0.2) is 42.0 Å². The molecule has 7 heteroatoms. The van der Waals surface area contributed by atoms with Crippen molar-refractivity contribution in [2.45, 2.75) is 20.0 Å². The van der Waals surface area contributed by atoms with Crippen LogP contribution in [0.1, 0.15) is 26.6 Å². The largest absolute Gasteiger partial charge is 0.328 e. The van der Waals surface area contributed by atoms with E-state index in [0.717, 1.165) is 16.1 Å². The summed E-state index contributed by atoms with van der Waals surface area (Å²) < 4.78 is 1.61. The van der Waals surface area contributed by atoms with E-state index in [4.69, 9.17) is 0 Å². The van der Waals surface area contributed by atoms with E-state index in [1.54, 1.807) is 40.4 Å². The molecule has 0 aliphatic rings. The molecule has 6 nitrogen and oxygen atoms in total. The lowest BCUT2D eigenvalue weighted by atomic mass is 10.2. The summed E-state index contributed by atoms with van der Waals surface area (Å²) >= 11 is 1.64. The monoisotopic (exact) mass is 327 g/mol. The zero-order valence-corrected chi connectivity index (χ0v) is 13.8. The van der Waals surface area contributed by atoms with Gasteiger partial charge < -0.3 is 4.90 Å². The van der Waals surface area contributed by atoms with E-state index >= 15 is 0 Å². The molecule has 0 N–H and O–H groups in total. The number of hydrogen-bond acceptors (Lipinski definition) is 5. The summed E-state index contributed by atoms with van der Waals surface area (Å²) in [6.07, 6.45) is 3.47. The number of hydrogen-bond donors (Lipinski definition) is 0. The number of carbonyl (C=O) groups is 1. The van der Waals surface area contributed by atoms with Gasteiger partial charge in [-0.15, -0.1) is 16.4 Å². The summed E-state index contributed by atoms with van der Waals surface area (Å²) in [5.41, 5.74) is 2.20. The minimum absolute atomic E-state index is 0.110. The highest BCUT2D eigenvalue weighted by atomic mass is 32.1. The van der Waals surface area contributed by atoms with E-state index in [0.29, 0.717) is 18.8 Å². The van der Waals surface area contributed by atoms with Crippen LogP contribution in [-0.2, 0) is 20.1 Å². The molecule has 0 aliphatic carbocycles. The second-order valence-corrected chi connectivity index (χ2v) is 6.28. The summed E-state index contributed by atoms with van der Waals surface area (Å²) in [4.78, 5) is 19.9. The molecule has 3 aromatic heterocycles. The van der Waals surface area contributed by atoms with Crippen molar-refractivity contribution in [3.05, 3.63) is 63.9 Å². The zero-order valence-electron chi connectivity index (χ0n) is 13.0. The van der Waals surface area contributed by atoms with Crippen LogP contribution >= 0.6 is 11.3 Å². The van der Waals surface area contributed by atoms with Crippen molar-refractivity contribution >= 4 is 17.2 Å². The fourth-order valence-electron chi connectivity index (χ4n) is 2.25. The standard InChI is InChI=1S/C16H17N5OS/c1-12-15(18-19-20(12)2)16(22)21(11-14-4-3-9-23-14)10-13-5-7-17-8-6-13/h3-9H,10-11H2,1-2H3. The fraction of sp³-hybridized carbons (Fsp3) is 0.250. The first-order valence-corrected chi connectivity index (χ1v) is 8.10. The Labute approximate surface area is 138 Å². The Kier molecular flexibility index (Phi) is 4.47. The molecule has 118 valence electrons. The number of amides is 1. The zero-order chi connectivity index (χ0) is 16.2. The van der Waals surface area contributed by atoms with Gasteiger partial charge in [-0.1, -0.05) is 11.3 Å². The van der Waals surface area contributed by atoms with Gasteiger partial charge in [0.1, 0.15) is 0 Å². The van der Waals surface area contributed by atoms with Crippen LogP contribution < -0.4 is 0 Å². The smallest absolute Gasteiger partial charge is 0.276 e. The highest BCUT2D eigenvalue weighted by molar-refractivity contribution is 7.09. The molecule has 0 saturated heterocycles. The van der Waals surface area contributed by atoms with Crippen molar-refractivity contribution in [1.29, 1.82) is 0 Å². The Hall–Kier alpha value is -2.54. The molecule has 0 unspecified atom stereocenters. The lowest BCUT2D eigenvalue weighted by molar-refractivity contribution is 0.0725. The second-order valence-electron chi connectivity index (χ2n) is 5.24. The van der Waals surface area contributed by atoms with E-state index in [-0.39, 0.29) is 5.91 Å². The first-order valence-electron chi connectivity index (χ1n) is 7.22. The molecule has 0 saturated carbocycles. The molecule has 1 amide bonds. The van der Waals surface area contributed by atoms with Gasteiger partial charge in [0.05, 0.1) is 12.2 Å². The fourth-order valence-corrected chi connectivity index (χ4v) is 2.97. The van der Waals surface area contributed by atoms with Crippen LogP contribution in [0.3, 0.4) is 0 Å². The van der Waals surface area contributed by atoms with Crippen molar-refractivity contribution in [3.8, 4) is 0 Å². The molecular formula is C16H17N5OS. The molecule has 0 atom stereocenters. The van der Waals surface area contributed by atoms with Crippen LogP contribution in [0.25, 0.3) is 0 Å². The molecule has 0 radical (unpaired) electrons. The molecule has 3 aromatic rings. The maximum Gasteiger partial charge on any atom is 0.276 e. The minimum atomic E-state index is -0.110. The molecule has 0 fully saturated rings. The minimum Gasteiger partial charge on any atom is -0.328 e. The number of aryl methyl sites for hydroxylation is 1. The van der Waals surface area contributed by atoms with Gasteiger partial charge in [0.25, 0.3) is 5.91 Å². The highest BCUT2D eigenvalue weighted by Crippen LogP contribution is 2.17. The van der Waals surface area contributed by atoms with E-state index in [9.17, 15) is 4.79 Å². The van der Waals surface area contributed by atoms with Gasteiger partial charge in [0.2, 0.25) is 0 Å². The third kappa shape index (κ3) is 3.45. The number of rotatable bonds is 5. The van der Waals surface area contributed by atoms with Gasteiger partial charge in [-0.2, -0.15) is 0 Å². The van der Waals surface area contributed by atoms with Crippen molar-refractivity contribution in [2.24, 2.45) is 7.05 Å². The number of carbonyl (C=O) groups excluding carboxylic acids is 1. The average Bonchev–Trinajstić information content (AvgIpc) is 3.18. The average molecular weight is 327 g/mol. The van der Waals surface area contributed by atoms with Gasteiger partial charge in [0.15, 0.2) is 5.69 Å². The van der Waals surface area contributed by atoms with Gasteiger partial charge in [-0.05, 0) is 36.1 Å². The van der Waals surface area contributed by atoms with Gasteiger partial charge in [-0.3, -0.25) is 14.5 Å². The predicted molar refractivity (Wildman–Crippen MR) is 87.9 cm³/mol. The molecule has 23 heavy (non-hydrogen) atoms. The summed E-state index contributed by atoms with van der Waals surface area (Å²) in [7, 11) is 1.78. The molecular weight excluding hydrogens is 310 g/mol. The molecule has 0 aliphatic heterocycles. The van der Waals surface area contributed by atoms with Crippen molar-refractivity contribution in [3.63, 3.8) is 0 Å². The topological polar surface area (TPSA) is 63.9 Å². The summed E-state index contributed by atoms with van der Waals surface area (Å²) in [6.45, 7) is 2.91. The third-order valence-electron chi connectivity index (χ3n) is 3.65. The second kappa shape index (κ2) is 6.70. The Balaban J connectivity index is 1.87. The van der Waals surface area contributed by atoms with Crippen LogP contribution in [0.4, 0.5) is 0 Å². The lowest BCUT2D eigenvalue weighted by Crippen LogP contribution is -2.30. The quantitative estimate of drug-likeness (QED) is 0.722. The Morgan fingerprint density at radius 3 is 2.65 bits per heavy atom. The first kappa shape index (κ1) is 15.4. The SMILES string of the molecule is Cc1c(C(=O)N(Cc2ccncc2)Cc2cccs2)nnn1C. The Morgan fingerprint density at radius 2 is 2.04 bits per heavy atom. The number of aromatic nitrogens is 4. The molecule has 3 rings (SSSR count). The molecule has 0 spiro atoms. The van der Waals surface area contributed by atoms with Gasteiger partial charge in [-0.25, -0.2) is 0 Å². The lowest BCUT2D eigenvalue weighted by Gasteiger charge is -2.21. The third-order valence-corrected chi connectivity index (χ3v) is 4.51. The van der Waals surface area contributed by atoms with E-state index in [1.807, 2.05) is 36.6 Å². The van der Waals surface area contributed by atoms with Crippen LogP contribution in [0.5, 0.6) is 0 Å². The Bertz CT molecular complexity index is 782. The summed E-state index contributed by atoms with van der Waals surface area (Å²) in [5, 5.41) is 9.97. The van der Waals surface area contributed by atoms with Crippen LogP contribution in [0, 0.1) is 6.92 Å².